The Morgan fingerprint density at radius 1 is 1.10 bits per heavy atom. The highest BCUT2D eigenvalue weighted by atomic mass is 19.4. The highest BCUT2D eigenvalue weighted by Crippen LogP contribution is 2.66. The molecular formula is C31H44F3N3O3. The number of benzene rings is 1. The van der Waals surface area contributed by atoms with Crippen LogP contribution in [0.25, 0.3) is 11.0 Å². The quantitative estimate of drug-likeness (QED) is 0.325. The van der Waals surface area contributed by atoms with Gasteiger partial charge in [0.2, 0.25) is 0 Å². The van der Waals surface area contributed by atoms with Gasteiger partial charge in [-0.25, -0.2) is 0 Å². The summed E-state index contributed by atoms with van der Waals surface area (Å²) in [5.74, 6) is 0.982. The number of methoxy groups -OCH3 is 2. The van der Waals surface area contributed by atoms with Crippen LogP contribution >= 0.6 is 0 Å². The van der Waals surface area contributed by atoms with E-state index in [0.29, 0.717) is 48.0 Å². The fourth-order valence-corrected chi connectivity index (χ4v) is 9.09. The normalized spacial score (nSPS) is 34.9. The molecule has 0 unspecified atom stereocenters. The molecule has 0 saturated heterocycles. The fourth-order valence-electron chi connectivity index (χ4n) is 9.09. The molecule has 1 heterocycles. The summed E-state index contributed by atoms with van der Waals surface area (Å²) in [6.45, 7) is 6.49. The minimum absolute atomic E-state index is 0.0523. The summed E-state index contributed by atoms with van der Waals surface area (Å²) < 4.78 is 51.4. The van der Waals surface area contributed by atoms with Gasteiger partial charge >= 0.3 is 6.18 Å². The van der Waals surface area contributed by atoms with Crippen LogP contribution < -0.4 is 4.74 Å². The molecule has 3 aliphatic carbocycles. The number of hydrogen-bond acceptors (Lipinski definition) is 5. The van der Waals surface area contributed by atoms with Crippen LogP contribution in [-0.2, 0) is 16.1 Å². The average molecular weight is 564 g/mol. The summed E-state index contributed by atoms with van der Waals surface area (Å²) in [5.41, 5.74) is 1.08. The van der Waals surface area contributed by atoms with Gasteiger partial charge in [0, 0.05) is 19.1 Å². The lowest BCUT2D eigenvalue weighted by atomic mass is 9.46. The maximum absolute atomic E-state index is 13.7. The third-order valence-electron chi connectivity index (χ3n) is 11.4. The van der Waals surface area contributed by atoms with Crippen molar-refractivity contribution in [2.75, 3.05) is 20.8 Å². The number of aromatic nitrogens is 3. The topological polar surface area (TPSA) is 66.2 Å². The molecule has 0 spiro atoms. The van der Waals surface area contributed by atoms with Crippen molar-refractivity contribution >= 4 is 16.8 Å². The molecule has 5 rings (SSSR count). The van der Waals surface area contributed by atoms with Crippen molar-refractivity contribution in [3.05, 3.63) is 18.2 Å². The molecule has 1 aromatic heterocycles. The van der Waals surface area contributed by atoms with Crippen molar-refractivity contribution in [1.29, 1.82) is 0 Å². The van der Waals surface area contributed by atoms with E-state index >= 15 is 0 Å². The third-order valence-corrected chi connectivity index (χ3v) is 11.4. The van der Waals surface area contributed by atoms with Crippen LogP contribution in [-0.4, -0.2) is 47.8 Å². The highest BCUT2D eigenvalue weighted by molar-refractivity contribution is 5.82. The molecule has 2 aromatic rings. The molecule has 0 amide bonds. The van der Waals surface area contributed by atoms with Crippen molar-refractivity contribution in [3.63, 3.8) is 0 Å². The van der Waals surface area contributed by atoms with Gasteiger partial charge < -0.3 is 9.47 Å². The van der Waals surface area contributed by atoms with Gasteiger partial charge in [-0.1, -0.05) is 20.8 Å². The number of alkyl halides is 3. The van der Waals surface area contributed by atoms with Crippen molar-refractivity contribution in [2.45, 2.75) is 84.9 Å². The van der Waals surface area contributed by atoms with Crippen LogP contribution in [0.1, 0.15) is 72.1 Å². The first kappa shape index (κ1) is 29.3. The smallest absolute Gasteiger partial charge is 0.391 e. The van der Waals surface area contributed by atoms with Crippen LogP contribution in [0.3, 0.4) is 0 Å². The molecule has 0 N–H and O–H groups in total. The predicted octanol–water partition coefficient (Wildman–Crippen LogP) is 7.11. The number of hydrogen-bond donors (Lipinski definition) is 0. The van der Waals surface area contributed by atoms with Gasteiger partial charge in [0.25, 0.3) is 0 Å². The number of ketones is 1. The number of rotatable bonds is 9. The van der Waals surface area contributed by atoms with Gasteiger partial charge in [-0.15, -0.1) is 0 Å². The molecule has 40 heavy (non-hydrogen) atoms. The van der Waals surface area contributed by atoms with E-state index in [-0.39, 0.29) is 35.5 Å². The maximum Gasteiger partial charge on any atom is 0.391 e. The summed E-state index contributed by atoms with van der Waals surface area (Å²) >= 11 is 0. The van der Waals surface area contributed by atoms with Crippen molar-refractivity contribution in [1.82, 2.24) is 15.0 Å². The van der Waals surface area contributed by atoms with E-state index in [1.54, 1.807) is 14.2 Å². The van der Waals surface area contributed by atoms with E-state index in [2.05, 4.69) is 24.0 Å². The monoisotopic (exact) mass is 563 g/mol. The number of nitrogens with zero attached hydrogens (tertiary/aromatic N) is 3. The standard InChI is InChI=1S/C31H44F3N3O3/c1-19-6-8-22-23-9-10-25(28(38)17-37-35-26-11-7-21(40-5)16-27(26)36-37)29(23,3)14-13-24(22)30(19,18-39-4)15-12-20(2)31(32,33)34/h7,11,16,19-20,22-25H,6,8-10,12-15,17-18H2,1-5H3/t19-,20+,22-,23-,24-,25+,29-,30+/m0/s1. The molecule has 0 bridgehead atoms. The second-order valence-corrected chi connectivity index (χ2v) is 13.2. The lowest BCUT2D eigenvalue weighted by Gasteiger charge is -2.59. The molecule has 3 saturated carbocycles. The zero-order chi connectivity index (χ0) is 28.9. The molecule has 8 atom stereocenters. The Morgan fingerprint density at radius 2 is 1.85 bits per heavy atom. The Bertz CT molecular complexity index is 1220. The van der Waals surface area contributed by atoms with Crippen molar-refractivity contribution < 1.29 is 27.4 Å². The van der Waals surface area contributed by atoms with Gasteiger partial charge in [0.05, 0.1) is 19.6 Å². The minimum atomic E-state index is -4.17. The summed E-state index contributed by atoms with van der Waals surface area (Å²) in [4.78, 5) is 15.3. The van der Waals surface area contributed by atoms with Gasteiger partial charge in [0.1, 0.15) is 23.3 Å². The van der Waals surface area contributed by atoms with E-state index in [1.807, 2.05) is 18.2 Å². The third kappa shape index (κ3) is 5.05. The second kappa shape index (κ2) is 10.9. The first-order chi connectivity index (χ1) is 18.9. The number of carbonyl (C=O) groups excluding carboxylic acids is 1. The van der Waals surface area contributed by atoms with E-state index in [9.17, 15) is 18.0 Å². The highest BCUT2D eigenvalue weighted by Gasteiger charge is 2.61. The van der Waals surface area contributed by atoms with E-state index < -0.39 is 12.1 Å². The molecule has 3 aliphatic rings. The number of carbonyl (C=O) groups is 1. The van der Waals surface area contributed by atoms with Crippen molar-refractivity contribution in [2.24, 2.45) is 46.3 Å². The Balaban J connectivity index is 1.34. The molecule has 1 aromatic carbocycles. The second-order valence-electron chi connectivity index (χ2n) is 13.2. The van der Waals surface area contributed by atoms with E-state index in [0.717, 1.165) is 44.0 Å². The average Bonchev–Trinajstić information content (AvgIpc) is 3.47. The molecule has 222 valence electrons. The van der Waals surface area contributed by atoms with Crippen LogP contribution in [0, 0.1) is 46.3 Å². The summed E-state index contributed by atoms with van der Waals surface area (Å²) in [7, 11) is 3.29. The minimum Gasteiger partial charge on any atom is -0.497 e. The lowest BCUT2D eigenvalue weighted by molar-refractivity contribution is -0.179. The molecular weight excluding hydrogens is 519 g/mol. The Labute approximate surface area is 235 Å². The Kier molecular flexibility index (Phi) is 8.01. The number of halogens is 3. The largest absolute Gasteiger partial charge is 0.497 e. The zero-order valence-electron chi connectivity index (χ0n) is 24.5. The van der Waals surface area contributed by atoms with E-state index in [4.69, 9.17) is 9.47 Å². The maximum atomic E-state index is 13.7. The number of Topliss-reactive ketones (excluding diaryl/α,β-unsaturated/α-hetero) is 1. The van der Waals surface area contributed by atoms with Gasteiger partial charge in [0.15, 0.2) is 5.78 Å². The van der Waals surface area contributed by atoms with Crippen LogP contribution in [0.5, 0.6) is 5.75 Å². The molecule has 0 aliphatic heterocycles. The Hall–Kier alpha value is -2.16. The number of ether oxygens (including phenoxy) is 2. The van der Waals surface area contributed by atoms with Crippen LogP contribution in [0.2, 0.25) is 0 Å². The summed E-state index contributed by atoms with van der Waals surface area (Å²) in [6.07, 6.45) is 2.32. The fraction of sp³-hybridized carbons (Fsp3) is 0.774. The first-order valence-electron chi connectivity index (χ1n) is 14.9. The number of fused-ring (bicyclic) bond motifs is 4. The van der Waals surface area contributed by atoms with Gasteiger partial charge in [-0.3, -0.25) is 4.79 Å². The molecule has 3 fully saturated rings. The van der Waals surface area contributed by atoms with Crippen LogP contribution in [0.15, 0.2) is 18.2 Å². The SMILES string of the molecule is COC[C@]1(CC[C@@H](C)C(F)(F)F)[C@@H](C)CC[C@H]2[C@@H]3CC[C@H](C(=O)Cn4nc5ccc(OC)cc5n4)[C@@]3(C)CC[C@@H]21. The summed E-state index contributed by atoms with van der Waals surface area (Å²) in [6, 6.07) is 5.51. The molecule has 9 heteroatoms. The first-order valence-corrected chi connectivity index (χ1v) is 14.9. The van der Waals surface area contributed by atoms with Crippen LogP contribution in [0.4, 0.5) is 13.2 Å². The summed E-state index contributed by atoms with van der Waals surface area (Å²) in [5, 5.41) is 9.06. The zero-order valence-corrected chi connectivity index (χ0v) is 24.5. The predicted molar refractivity (Wildman–Crippen MR) is 147 cm³/mol. The van der Waals surface area contributed by atoms with Gasteiger partial charge in [-0.2, -0.15) is 28.2 Å². The van der Waals surface area contributed by atoms with Gasteiger partial charge in [-0.05, 0) is 98.0 Å². The molecule has 6 nitrogen and oxygen atoms in total. The van der Waals surface area contributed by atoms with E-state index in [1.165, 1.54) is 11.7 Å². The van der Waals surface area contributed by atoms with Crippen molar-refractivity contribution in [3.8, 4) is 5.75 Å². The lowest BCUT2D eigenvalue weighted by Crippen LogP contribution is -2.55. The Morgan fingerprint density at radius 3 is 2.55 bits per heavy atom. The molecule has 0 radical (unpaired) electrons.